The fourth-order valence-electron chi connectivity index (χ4n) is 5.55. The summed E-state index contributed by atoms with van der Waals surface area (Å²) in [6.45, 7) is 8.22. The van der Waals surface area contributed by atoms with Gasteiger partial charge in [-0.15, -0.1) is 23.2 Å². The van der Waals surface area contributed by atoms with E-state index in [9.17, 15) is 0 Å². The molecule has 0 amide bonds. The lowest BCUT2D eigenvalue weighted by molar-refractivity contribution is 0.148. The third kappa shape index (κ3) is 4.74. The second-order valence-electron chi connectivity index (χ2n) is 9.48. The predicted octanol–water partition coefficient (Wildman–Crippen LogP) is 5.53. The van der Waals surface area contributed by atoms with Gasteiger partial charge in [0.15, 0.2) is 0 Å². The summed E-state index contributed by atoms with van der Waals surface area (Å²) in [7, 11) is 2.23. The van der Waals surface area contributed by atoms with E-state index >= 15 is 0 Å². The lowest BCUT2D eigenvalue weighted by Crippen LogP contribution is -2.43. The van der Waals surface area contributed by atoms with Crippen molar-refractivity contribution < 1.29 is 0 Å². The molecule has 0 bridgehead atoms. The number of piperazine rings is 1. The second-order valence-corrected chi connectivity index (χ2v) is 10.7. The minimum atomic E-state index is 0.382. The Hall–Kier alpha value is -0.220. The maximum Gasteiger partial charge on any atom is 0.0337 e. The minimum Gasteiger partial charge on any atom is -0.345 e. The molecule has 1 aliphatic heterocycles. The SMILES string of the molecule is Cc1c(CN2CCN(C)CC2)cc(C2CCC(Cl)CC2)n1C1CCC(Cl)CC1. The zero-order chi connectivity index (χ0) is 19.7. The molecule has 0 atom stereocenters. The minimum absolute atomic E-state index is 0.382. The van der Waals surface area contributed by atoms with Gasteiger partial charge in [0.1, 0.15) is 0 Å². The fraction of sp³-hybridized carbons (Fsp3) is 0.826. The molecule has 1 aromatic heterocycles. The average Bonchev–Trinajstić information content (AvgIpc) is 3.01. The van der Waals surface area contributed by atoms with E-state index in [-0.39, 0.29) is 0 Å². The third-order valence-corrected chi connectivity index (χ3v) is 8.36. The van der Waals surface area contributed by atoms with Crippen molar-refractivity contribution >= 4 is 23.2 Å². The summed E-state index contributed by atoms with van der Waals surface area (Å²) >= 11 is 12.8. The summed E-state index contributed by atoms with van der Waals surface area (Å²) in [5, 5.41) is 0.768. The predicted molar refractivity (Wildman–Crippen MR) is 120 cm³/mol. The highest BCUT2D eigenvalue weighted by Gasteiger charge is 2.30. The lowest BCUT2D eigenvalue weighted by atomic mass is 9.85. The molecule has 0 spiro atoms. The number of rotatable bonds is 4. The van der Waals surface area contributed by atoms with Gasteiger partial charge in [-0.25, -0.2) is 0 Å². The number of halogens is 2. The van der Waals surface area contributed by atoms with E-state index in [1.807, 2.05) is 0 Å². The van der Waals surface area contributed by atoms with Crippen LogP contribution in [0.1, 0.15) is 80.3 Å². The maximum absolute atomic E-state index is 6.42. The molecule has 0 aromatic carbocycles. The molecule has 2 heterocycles. The molecule has 5 heteroatoms. The number of likely N-dealkylation sites (N-methyl/N-ethyl adjacent to an activating group) is 1. The van der Waals surface area contributed by atoms with Gasteiger partial charge in [0.25, 0.3) is 0 Å². The first-order valence-corrected chi connectivity index (χ1v) is 12.3. The van der Waals surface area contributed by atoms with Gasteiger partial charge in [0.05, 0.1) is 0 Å². The lowest BCUT2D eigenvalue weighted by Gasteiger charge is -2.33. The molecule has 0 unspecified atom stereocenters. The molecule has 28 heavy (non-hydrogen) atoms. The van der Waals surface area contributed by atoms with E-state index in [4.69, 9.17) is 23.2 Å². The van der Waals surface area contributed by atoms with Crippen LogP contribution in [0.15, 0.2) is 6.07 Å². The van der Waals surface area contributed by atoms with Crippen LogP contribution in [0, 0.1) is 6.92 Å². The molecule has 4 rings (SSSR count). The van der Waals surface area contributed by atoms with Crippen molar-refractivity contribution in [2.45, 2.75) is 87.5 Å². The monoisotopic (exact) mass is 425 g/mol. The normalized spacial score (nSPS) is 33.3. The highest BCUT2D eigenvalue weighted by Crippen LogP contribution is 2.41. The van der Waals surface area contributed by atoms with Gasteiger partial charge in [-0.1, -0.05) is 0 Å². The van der Waals surface area contributed by atoms with Crippen molar-refractivity contribution in [2.24, 2.45) is 0 Å². The first-order valence-electron chi connectivity index (χ1n) is 11.4. The van der Waals surface area contributed by atoms with Crippen molar-refractivity contribution in [3.63, 3.8) is 0 Å². The number of alkyl halides is 2. The summed E-state index contributed by atoms with van der Waals surface area (Å²) in [6, 6.07) is 3.21. The standard InChI is InChI=1S/C23H37Cl2N3/c1-17-19(16-27-13-11-26(2)12-14-27)15-23(18-3-5-20(24)6-4-18)28(17)22-9-7-21(25)8-10-22/h15,18,20-22H,3-14,16H2,1-2H3. The second kappa shape index (κ2) is 9.29. The van der Waals surface area contributed by atoms with Gasteiger partial charge in [0, 0.05) is 60.9 Å². The molecular formula is C23H37Cl2N3. The van der Waals surface area contributed by atoms with Crippen molar-refractivity contribution in [1.82, 2.24) is 14.4 Å². The zero-order valence-corrected chi connectivity index (χ0v) is 19.2. The molecule has 1 aromatic rings. The molecule has 2 saturated carbocycles. The molecule has 0 N–H and O–H groups in total. The summed E-state index contributed by atoms with van der Waals surface area (Å²) in [5.41, 5.74) is 4.67. The van der Waals surface area contributed by atoms with Gasteiger partial charge in [-0.05, 0) is 82.9 Å². The van der Waals surface area contributed by atoms with Crippen LogP contribution >= 0.6 is 23.2 Å². The molecule has 1 saturated heterocycles. The molecule has 3 nitrogen and oxygen atoms in total. The average molecular weight is 426 g/mol. The van der Waals surface area contributed by atoms with E-state index in [1.165, 1.54) is 70.4 Å². The van der Waals surface area contributed by atoms with Gasteiger partial charge < -0.3 is 9.47 Å². The summed E-state index contributed by atoms with van der Waals surface area (Å²) < 4.78 is 2.74. The van der Waals surface area contributed by atoms with Crippen LogP contribution in [-0.4, -0.2) is 58.3 Å². The third-order valence-electron chi connectivity index (χ3n) is 7.48. The Morgan fingerprint density at radius 1 is 0.857 bits per heavy atom. The highest BCUT2D eigenvalue weighted by molar-refractivity contribution is 6.20. The van der Waals surface area contributed by atoms with E-state index in [0.717, 1.165) is 19.4 Å². The van der Waals surface area contributed by atoms with Crippen LogP contribution < -0.4 is 0 Å². The van der Waals surface area contributed by atoms with Gasteiger partial charge in [0.2, 0.25) is 0 Å². The molecular weight excluding hydrogens is 389 g/mol. The highest BCUT2D eigenvalue weighted by atomic mass is 35.5. The van der Waals surface area contributed by atoms with Crippen molar-refractivity contribution in [3.8, 4) is 0 Å². The number of hydrogen-bond donors (Lipinski definition) is 0. The number of nitrogens with zero attached hydrogens (tertiary/aromatic N) is 3. The number of aromatic nitrogens is 1. The van der Waals surface area contributed by atoms with Crippen molar-refractivity contribution in [2.75, 3.05) is 33.2 Å². The van der Waals surface area contributed by atoms with Crippen LogP contribution in [0.4, 0.5) is 0 Å². The Morgan fingerprint density at radius 3 is 2.04 bits per heavy atom. The van der Waals surface area contributed by atoms with Crippen LogP contribution in [-0.2, 0) is 6.54 Å². The van der Waals surface area contributed by atoms with Crippen LogP contribution in [0.3, 0.4) is 0 Å². The van der Waals surface area contributed by atoms with E-state index in [0.29, 0.717) is 22.7 Å². The Morgan fingerprint density at radius 2 is 1.43 bits per heavy atom. The Bertz CT molecular complexity index is 635. The number of hydrogen-bond acceptors (Lipinski definition) is 2. The van der Waals surface area contributed by atoms with Crippen LogP contribution in [0.5, 0.6) is 0 Å². The molecule has 158 valence electrons. The summed E-state index contributed by atoms with van der Waals surface area (Å²) in [6.07, 6.45) is 9.60. The molecule has 0 radical (unpaired) electrons. The van der Waals surface area contributed by atoms with Crippen LogP contribution in [0.2, 0.25) is 0 Å². The Balaban J connectivity index is 1.57. The van der Waals surface area contributed by atoms with Crippen molar-refractivity contribution in [3.05, 3.63) is 23.0 Å². The summed E-state index contributed by atoms with van der Waals surface area (Å²) in [5.74, 6) is 0.684. The van der Waals surface area contributed by atoms with E-state index in [2.05, 4.69) is 34.4 Å². The largest absolute Gasteiger partial charge is 0.345 e. The Kier molecular flexibility index (Phi) is 6.97. The Labute approximate surface area is 181 Å². The van der Waals surface area contributed by atoms with Gasteiger partial charge in [-0.3, -0.25) is 4.90 Å². The molecule has 3 aliphatic rings. The van der Waals surface area contributed by atoms with E-state index < -0.39 is 0 Å². The first kappa shape index (κ1) is 21.0. The topological polar surface area (TPSA) is 11.4 Å². The summed E-state index contributed by atoms with van der Waals surface area (Å²) in [4.78, 5) is 5.08. The first-order chi connectivity index (χ1) is 13.5. The molecule has 2 aliphatic carbocycles. The fourth-order valence-corrected chi connectivity index (χ4v) is 6.05. The smallest absolute Gasteiger partial charge is 0.0337 e. The van der Waals surface area contributed by atoms with Gasteiger partial charge in [-0.2, -0.15) is 0 Å². The molecule has 3 fully saturated rings. The zero-order valence-electron chi connectivity index (χ0n) is 17.7. The maximum atomic E-state index is 6.42. The van der Waals surface area contributed by atoms with Crippen molar-refractivity contribution in [1.29, 1.82) is 0 Å². The van der Waals surface area contributed by atoms with Gasteiger partial charge >= 0.3 is 0 Å². The van der Waals surface area contributed by atoms with E-state index in [1.54, 1.807) is 11.3 Å². The quantitative estimate of drug-likeness (QED) is 0.587. The van der Waals surface area contributed by atoms with Crippen LogP contribution in [0.25, 0.3) is 0 Å².